The van der Waals surface area contributed by atoms with Gasteiger partial charge in [-0.2, -0.15) is 0 Å². The van der Waals surface area contributed by atoms with Gasteiger partial charge in [-0.3, -0.25) is 4.79 Å². The van der Waals surface area contributed by atoms with Crippen molar-refractivity contribution in [3.8, 4) is 12.3 Å². The summed E-state index contributed by atoms with van der Waals surface area (Å²) in [5, 5.41) is 18.8. The smallest absolute Gasteiger partial charge is 0.260 e. The summed E-state index contributed by atoms with van der Waals surface area (Å²) in [6, 6.07) is 10.7. The molecule has 5 aliphatic rings. The van der Waals surface area contributed by atoms with Crippen LogP contribution in [0.1, 0.15) is 104 Å². The van der Waals surface area contributed by atoms with Crippen molar-refractivity contribution in [2.45, 2.75) is 115 Å². The Morgan fingerprint density at radius 3 is 2.59 bits per heavy atom. The molecule has 4 aliphatic carbocycles. The van der Waals surface area contributed by atoms with Crippen molar-refractivity contribution in [1.82, 2.24) is 5.32 Å². The van der Waals surface area contributed by atoms with Crippen molar-refractivity contribution in [1.29, 1.82) is 0 Å². The van der Waals surface area contributed by atoms with E-state index in [1.165, 1.54) is 11.1 Å². The van der Waals surface area contributed by atoms with Crippen LogP contribution in [0.4, 0.5) is 0 Å². The van der Waals surface area contributed by atoms with E-state index < -0.39 is 5.60 Å². The SMILES string of the molecule is C#C[C@]1(O)CC[C@@H]2[C@@H]3CCC4=C/C(=N\OCC(=O)NCC[C@@]5(c6ccccc6)CCOC(C)(C)C5)CC[C@]4(C)[C@@H]3CC[C@@]21C. The van der Waals surface area contributed by atoms with Gasteiger partial charge in [-0.15, -0.1) is 6.42 Å². The number of terminal acetylenes is 1. The molecule has 0 unspecified atom stereocenters. The first-order valence-corrected chi connectivity index (χ1v) is 17.0. The molecule has 7 atom stereocenters. The molecule has 6 rings (SSSR count). The summed E-state index contributed by atoms with van der Waals surface area (Å²) in [7, 11) is 0. The van der Waals surface area contributed by atoms with E-state index in [1.807, 2.05) is 0 Å². The normalized spacial score (nSPS) is 40.1. The molecule has 0 spiro atoms. The zero-order valence-corrected chi connectivity index (χ0v) is 27.3. The molecule has 44 heavy (non-hydrogen) atoms. The predicted octanol–water partition coefficient (Wildman–Crippen LogP) is 6.72. The minimum atomic E-state index is -0.958. The molecule has 238 valence electrons. The highest BCUT2D eigenvalue weighted by Crippen LogP contribution is 2.67. The van der Waals surface area contributed by atoms with Crippen LogP contribution in [0, 0.1) is 40.9 Å². The molecule has 1 aromatic carbocycles. The molecule has 0 radical (unpaired) electrons. The molecule has 1 saturated heterocycles. The molecule has 3 saturated carbocycles. The van der Waals surface area contributed by atoms with Gasteiger partial charge in [-0.25, -0.2) is 0 Å². The predicted molar refractivity (Wildman–Crippen MR) is 174 cm³/mol. The van der Waals surface area contributed by atoms with Crippen LogP contribution in [0.5, 0.6) is 0 Å². The van der Waals surface area contributed by atoms with Crippen LogP contribution in [0.15, 0.2) is 47.1 Å². The molecule has 1 heterocycles. The summed E-state index contributed by atoms with van der Waals surface area (Å²) in [4.78, 5) is 18.3. The van der Waals surface area contributed by atoms with Crippen LogP contribution < -0.4 is 5.32 Å². The van der Waals surface area contributed by atoms with Gasteiger partial charge in [0, 0.05) is 24.0 Å². The fourth-order valence-electron chi connectivity index (χ4n) is 10.4. The number of carbonyl (C=O) groups excluding carboxylic acids is 1. The highest BCUT2D eigenvalue weighted by atomic mass is 16.6. The van der Waals surface area contributed by atoms with Crippen LogP contribution in [-0.4, -0.2) is 47.7 Å². The molecule has 0 bridgehead atoms. The fraction of sp³-hybridized carbons (Fsp3) is 0.684. The maximum Gasteiger partial charge on any atom is 0.260 e. The number of benzene rings is 1. The zero-order chi connectivity index (χ0) is 31.2. The van der Waals surface area contributed by atoms with Crippen molar-refractivity contribution in [2.75, 3.05) is 19.8 Å². The summed E-state index contributed by atoms with van der Waals surface area (Å²) in [6.45, 7) is 10.3. The van der Waals surface area contributed by atoms with Crippen LogP contribution in [0.25, 0.3) is 0 Å². The van der Waals surface area contributed by atoms with E-state index in [9.17, 15) is 9.90 Å². The van der Waals surface area contributed by atoms with Gasteiger partial charge < -0.3 is 20.0 Å². The molecular formula is C38H52N2O4. The summed E-state index contributed by atoms with van der Waals surface area (Å²) in [5.74, 6) is 4.39. The molecule has 1 amide bonds. The first-order valence-electron chi connectivity index (χ1n) is 17.0. The highest BCUT2D eigenvalue weighted by Gasteiger charge is 2.63. The maximum absolute atomic E-state index is 12.7. The van der Waals surface area contributed by atoms with Gasteiger partial charge in [0.1, 0.15) is 5.60 Å². The van der Waals surface area contributed by atoms with Gasteiger partial charge in [0.15, 0.2) is 6.61 Å². The van der Waals surface area contributed by atoms with E-state index in [-0.39, 0.29) is 34.4 Å². The van der Waals surface area contributed by atoms with Gasteiger partial charge in [0.25, 0.3) is 5.91 Å². The first kappa shape index (κ1) is 31.4. The number of carbonyl (C=O) groups is 1. The lowest BCUT2D eigenvalue weighted by molar-refractivity contribution is -0.125. The number of ether oxygens (including phenoxy) is 1. The van der Waals surface area contributed by atoms with E-state index in [1.54, 1.807) is 0 Å². The third-order valence-electron chi connectivity index (χ3n) is 12.9. The summed E-state index contributed by atoms with van der Waals surface area (Å²) >= 11 is 0. The molecule has 0 aromatic heterocycles. The Morgan fingerprint density at radius 1 is 1.07 bits per heavy atom. The fourth-order valence-corrected chi connectivity index (χ4v) is 10.4. The molecule has 1 aliphatic heterocycles. The van der Waals surface area contributed by atoms with E-state index in [4.69, 9.17) is 16.0 Å². The van der Waals surface area contributed by atoms with Crippen LogP contribution in [0.3, 0.4) is 0 Å². The van der Waals surface area contributed by atoms with Gasteiger partial charge in [-0.1, -0.05) is 60.8 Å². The largest absolute Gasteiger partial charge is 0.385 e. The molecule has 1 aromatic rings. The number of aliphatic hydroxyl groups is 1. The molecular weight excluding hydrogens is 548 g/mol. The molecule has 4 fully saturated rings. The summed E-state index contributed by atoms with van der Waals surface area (Å²) < 4.78 is 6.04. The van der Waals surface area contributed by atoms with Gasteiger partial charge in [0.2, 0.25) is 0 Å². The number of allylic oxidation sites excluding steroid dienone is 2. The van der Waals surface area contributed by atoms with Crippen molar-refractivity contribution < 1.29 is 19.5 Å². The Kier molecular flexibility index (Phi) is 8.29. The van der Waals surface area contributed by atoms with Crippen molar-refractivity contribution >= 4 is 11.6 Å². The zero-order valence-electron chi connectivity index (χ0n) is 27.3. The Bertz CT molecular complexity index is 1350. The third-order valence-corrected chi connectivity index (χ3v) is 12.9. The molecule has 6 heteroatoms. The summed E-state index contributed by atoms with van der Waals surface area (Å²) in [6.07, 6.45) is 18.9. The van der Waals surface area contributed by atoms with Crippen molar-refractivity contribution in [2.24, 2.45) is 33.7 Å². The average Bonchev–Trinajstić information content (AvgIpc) is 3.28. The molecule has 6 nitrogen and oxygen atoms in total. The lowest BCUT2D eigenvalue weighted by atomic mass is 9.46. The molecule has 2 N–H and O–H groups in total. The number of hydrogen-bond acceptors (Lipinski definition) is 5. The lowest BCUT2D eigenvalue weighted by Crippen LogP contribution is -2.54. The first-order chi connectivity index (χ1) is 20.9. The minimum absolute atomic E-state index is 0.0193. The number of oxime groups is 1. The Hall–Kier alpha value is -2.62. The topological polar surface area (TPSA) is 80.2 Å². The van der Waals surface area contributed by atoms with E-state index >= 15 is 0 Å². The Morgan fingerprint density at radius 2 is 1.84 bits per heavy atom. The number of rotatable bonds is 7. The van der Waals surface area contributed by atoms with Crippen LogP contribution in [-0.2, 0) is 19.8 Å². The second-order valence-corrected chi connectivity index (χ2v) is 15.6. The van der Waals surface area contributed by atoms with Gasteiger partial charge >= 0.3 is 0 Å². The second-order valence-electron chi connectivity index (χ2n) is 15.6. The maximum atomic E-state index is 12.7. The Balaban J connectivity index is 1.03. The standard InChI is InChI=1S/C38H52N2O4/c1-6-38(42)19-16-32-30-13-12-28-24-29(14-17-35(28,4)31(30)15-18-36(32,38)5)40-44-25-33(41)39-22-20-37(27-10-8-7-9-11-27)21-23-43-34(2,3)26-37/h1,7-11,24,30-32,42H,12-23,25-26H2,2-5H3,(H,39,41)/b40-29-/t30-,31-,32-,35+,36+,37-,38+/m1/s1. The second kappa shape index (κ2) is 11.6. The monoisotopic (exact) mass is 600 g/mol. The number of nitrogens with one attached hydrogen (secondary N) is 1. The van der Waals surface area contributed by atoms with Crippen molar-refractivity contribution in [3.63, 3.8) is 0 Å². The average molecular weight is 601 g/mol. The lowest BCUT2D eigenvalue weighted by Gasteiger charge is -2.58. The minimum Gasteiger partial charge on any atom is -0.385 e. The highest BCUT2D eigenvalue weighted by molar-refractivity contribution is 5.96. The summed E-state index contributed by atoms with van der Waals surface area (Å²) in [5.41, 5.74) is 2.57. The number of amides is 1. The number of fused-ring (bicyclic) bond motifs is 5. The van der Waals surface area contributed by atoms with Crippen molar-refractivity contribution in [3.05, 3.63) is 47.5 Å². The van der Waals surface area contributed by atoms with Gasteiger partial charge in [-0.05, 0) is 119 Å². The van der Waals surface area contributed by atoms with E-state index in [2.05, 4.69) is 80.5 Å². The Labute approximate surface area is 264 Å². The number of nitrogens with zero attached hydrogens (tertiary/aromatic N) is 1. The van der Waals surface area contributed by atoms with E-state index in [0.717, 1.165) is 82.9 Å². The quantitative estimate of drug-likeness (QED) is 0.269. The van der Waals surface area contributed by atoms with Gasteiger partial charge in [0.05, 0.1) is 11.3 Å². The third kappa shape index (κ3) is 5.43. The van der Waals surface area contributed by atoms with Crippen LogP contribution >= 0.6 is 0 Å². The van der Waals surface area contributed by atoms with E-state index in [0.29, 0.717) is 24.3 Å². The van der Waals surface area contributed by atoms with Crippen LogP contribution in [0.2, 0.25) is 0 Å². The number of hydrogen-bond donors (Lipinski definition) is 2.